The molecule has 0 fully saturated rings. The molecule has 62 valence electrons. The summed E-state index contributed by atoms with van der Waals surface area (Å²) < 4.78 is 1.87. The molecule has 3 heteroatoms. The zero-order valence-corrected chi connectivity index (χ0v) is 7.28. The van der Waals surface area contributed by atoms with E-state index in [-0.39, 0.29) is 0 Å². The van der Waals surface area contributed by atoms with Crippen LogP contribution in [0.1, 0.15) is 18.3 Å². The van der Waals surface area contributed by atoms with E-state index in [2.05, 4.69) is 17.0 Å². The lowest BCUT2D eigenvalue weighted by atomic mass is 10.3. The summed E-state index contributed by atoms with van der Waals surface area (Å²) in [5, 5.41) is 4.41. The zero-order chi connectivity index (χ0) is 8.55. The number of hydrogen-bond donors (Lipinski definition) is 0. The molecule has 3 nitrogen and oxygen atoms in total. The van der Waals surface area contributed by atoms with E-state index in [0.717, 1.165) is 23.5 Å². The fourth-order valence-corrected chi connectivity index (χ4v) is 1.21. The number of fused-ring (bicyclic) bond motifs is 1. The number of rotatable bonds is 1. The molecule has 0 radical (unpaired) electrons. The number of nitrogens with zero attached hydrogens (tertiary/aromatic N) is 3. The molecule has 2 aromatic heterocycles. The van der Waals surface area contributed by atoms with Crippen molar-refractivity contribution in [3.8, 4) is 0 Å². The maximum absolute atomic E-state index is 4.41. The fourth-order valence-electron chi connectivity index (χ4n) is 1.21. The highest BCUT2D eigenvalue weighted by atomic mass is 15.3. The minimum atomic E-state index is 0.921. The van der Waals surface area contributed by atoms with Gasteiger partial charge in [-0.15, -0.1) is 0 Å². The highest BCUT2D eigenvalue weighted by Crippen LogP contribution is 2.04. The second kappa shape index (κ2) is 2.59. The van der Waals surface area contributed by atoms with Gasteiger partial charge in [-0.25, -0.2) is 9.50 Å². The third-order valence-electron chi connectivity index (χ3n) is 1.95. The minimum Gasteiger partial charge on any atom is -0.235 e. The summed E-state index contributed by atoms with van der Waals surface area (Å²) >= 11 is 0. The fraction of sp³-hybridized carbons (Fsp3) is 0.333. The Kier molecular flexibility index (Phi) is 1.57. The molecule has 2 aromatic rings. The molecule has 0 saturated heterocycles. The van der Waals surface area contributed by atoms with Crippen LogP contribution < -0.4 is 0 Å². The Labute approximate surface area is 71.1 Å². The van der Waals surface area contributed by atoms with Crippen LogP contribution in [0.15, 0.2) is 18.3 Å². The normalized spacial score (nSPS) is 10.8. The van der Waals surface area contributed by atoms with Crippen molar-refractivity contribution in [2.75, 3.05) is 0 Å². The Bertz CT molecular complexity index is 403. The quantitative estimate of drug-likeness (QED) is 0.636. The lowest BCUT2D eigenvalue weighted by molar-refractivity contribution is 0.839. The van der Waals surface area contributed by atoms with E-state index in [0.29, 0.717) is 0 Å². The molecule has 0 bridgehead atoms. The van der Waals surface area contributed by atoms with Crippen LogP contribution in [0.25, 0.3) is 5.65 Å². The van der Waals surface area contributed by atoms with E-state index >= 15 is 0 Å². The van der Waals surface area contributed by atoms with Gasteiger partial charge in [0.2, 0.25) is 0 Å². The Morgan fingerprint density at radius 1 is 1.42 bits per heavy atom. The van der Waals surface area contributed by atoms with Crippen molar-refractivity contribution in [3.63, 3.8) is 0 Å². The molecule has 0 unspecified atom stereocenters. The van der Waals surface area contributed by atoms with E-state index < -0.39 is 0 Å². The molecule has 0 N–H and O–H groups in total. The largest absolute Gasteiger partial charge is 0.235 e. The molecule has 0 atom stereocenters. The maximum atomic E-state index is 4.41. The van der Waals surface area contributed by atoms with Crippen LogP contribution in [0.3, 0.4) is 0 Å². The Balaban J connectivity index is 2.71. The second-order valence-electron chi connectivity index (χ2n) is 2.85. The van der Waals surface area contributed by atoms with Gasteiger partial charge in [0.25, 0.3) is 0 Å². The molecule has 0 saturated carbocycles. The summed E-state index contributed by atoms with van der Waals surface area (Å²) in [6.07, 6.45) is 2.80. The number of imidazole rings is 1. The summed E-state index contributed by atoms with van der Waals surface area (Å²) in [7, 11) is 0. The van der Waals surface area contributed by atoms with Gasteiger partial charge in [0.15, 0.2) is 5.65 Å². The van der Waals surface area contributed by atoms with Gasteiger partial charge in [-0.05, 0) is 25.5 Å². The van der Waals surface area contributed by atoms with E-state index in [4.69, 9.17) is 0 Å². The van der Waals surface area contributed by atoms with E-state index in [1.807, 2.05) is 29.8 Å². The lowest BCUT2D eigenvalue weighted by Crippen LogP contribution is -1.97. The highest BCUT2D eigenvalue weighted by Gasteiger charge is 1.99. The van der Waals surface area contributed by atoms with Crippen molar-refractivity contribution < 1.29 is 0 Å². The van der Waals surface area contributed by atoms with Gasteiger partial charge < -0.3 is 0 Å². The summed E-state index contributed by atoms with van der Waals surface area (Å²) in [5.41, 5.74) is 3.11. The lowest BCUT2D eigenvalue weighted by Gasteiger charge is -1.97. The van der Waals surface area contributed by atoms with Crippen LogP contribution in [-0.2, 0) is 6.42 Å². The third kappa shape index (κ3) is 0.978. The first-order valence-corrected chi connectivity index (χ1v) is 4.11. The highest BCUT2D eigenvalue weighted by molar-refractivity contribution is 5.38. The van der Waals surface area contributed by atoms with Crippen LogP contribution >= 0.6 is 0 Å². The van der Waals surface area contributed by atoms with Crippen LogP contribution in [0.2, 0.25) is 0 Å². The van der Waals surface area contributed by atoms with Crippen LogP contribution in [0, 0.1) is 6.92 Å². The standard InChI is InChI=1S/C9H11N3/c1-3-8-4-5-9-10-6-7(2)12(9)11-8/h4-6H,3H2,1-2H3. The van der Waals surface area contributed by atoms with Crippen LogP contribution in [-0.4, -0.2) is 14.6 Å². The molecule has 0 aliphatic heterocycles. The number of aryl methyl sites for hydroxylation is 2. The van der Waals surface area contributed by atoms with Gasteiger partial charge in [-0.2, -0.15) is 5.10 Å². The average molecular weight is 161 g/mol. The second-order valence-corrected chi connectivity index (χ2v) is 2.85. The molecule has 0 aliphatic carbocycles. The molecule has 2 rings (SSSR count). The van der Waals surface area contributed by atoms with Crippen molar-refractivity contribution in [2.24, 2.45) is 0 Å². The van der Waals surface area contributed by atoms with Crippen LogP contribution in [0.5, 0.6) is 0 Å². The molecule has 0 aromatic carbocycles. The molecule has 0 aliphatic rings. The molecule has 2 heterocycles. The number of aromatic nitrogens is 3. The van der Waals surface area contributed by atoms with E-state index in [9.17, 15) is 0 Å². The predicted octanol–water partition coefficient (Wildman–Crippen LogP) is 1.60. The molecular formula is C9H11N3. The first kappa shape index (κ1) is 7.28. The van der Waals surface area contributed by atoms with Gasteiger partial charge >= 0.3 is 0 Å². The van der Waals surface area contributed by atoms with E-state index in [1.165, 1.54) is 0 Å². The van der Waals surface area contributed by atoms with Crippen molar-refractivity contribution in [2.45, 2.75) is 20.3 Å². The Morgan fingerprint density at radius 2 is 2.25 bits per heavy atom. The first-order chi connectivity index (χ1) is 5.81. The molecule has 0 spiro atoms. The minimum absolute atomic E-state index is 0.921. The Hall–Kier alpha value is -1.38. The van der Waals surface area contributed by atoms with Gasteiger partial charge in [-0.3, -0.25) is 0 Å². The summed E-state index contributed by atoms with van der Waals surface area (Å²) in [6, 6.07) is 4.01. The van der Waals surface area contributed by atoms with Gasteiger partial charge in [0.1, 0.15) is 0 Å². The summed E-state index contributed by atoms with van der Waals surface area (Å²) in [6.45, 7) is 4.10. The van der Waals surface area contributed by atoms with Gasteiger partial charge in [0.05, 0.1) is 17.6 Å². The maximum Gasteiger partial charge on any atom is 0.153 e. The Morgan fingerprint density at radius 3 is 3.00 bits per heavy atom. The summed E-state index contributed by atoms with van der Waals surface area (Å²) in [4.78, 5) is 4.19. The van der Waals surface area contributed by atoms with Crippen molar-refractivity contribution in [3.05, 3.63) is 29.7 Å². The van der Waals surface area contributed by atoms with Crippen molar-refractivity contribution in [1.82, 2.24) is 14.6 Å². The van der Waals surface area contributed by atoms with Crippen molar-refractivity contribution >= 4 is 5.65 Å². The molecule has 12 heavy (non-hydrogen) atoms. The first-order valence-electron chi connectivity index (χ1n) is 4.11. The number of hydrogen-bond acceptors (Lipinski definition) is 2. The van der Waals surface area contributed by atoms with Gasteiger partial charge in [-0.1, -0.05) is 6.92 Å². The van der Waals surface area contributed by atoms with Crippen molar-refractivity contribution in [1.29, 1.82) is 0 Å². The summed E-state index contributed by atoms with van der Waals surface area (Å²) in [5.74, 6) is 0. The average Bonchev–Trinajstić information content (AvgIpc) is 2.47. The molecule has 0 amide bonds. The van der Waals surface area contributed by atoms with Gasteiger partial charge in [0, 0.05) is 0 Å². The zero-order valence-electron chi connectivity index (χ0n) is 7.28. The van der Waals surface area contributed by atoms with Crippen LogP contribution in [0.4, 0.5) is 0 Å². The monoisotopic (exact) mass is 161 g/mol. The van der Waals surface area contributed by atoms with E-state index in [1.54, 1.807) is 0 Å². The smallest absolute Gasteiger partial charge is 0.153 e. The predicted molar refractivity (Wildman–Crippen MR) is 47.1 cm³/mol. The SMILES string of the molecule is CCc1ccc2ncc(C)n2n1. The third-order valence-corrected chi connectivity index (χ3v) is 1.95. The molecular weight excluding hydrogens is 150 g/mol. The topological polar surface area (TPSA) is 30.2 Å².